The first kappa shape index (κ1) is 10.2. The van der Waals surface area contributed by atoms with Gasteiger partial charge in [0.1, 0.15) is 0 Å². The van der Waals surface area contributed by atoms with Gasteiger partial charge in [-0.15, -0.1) is 5.10 Å². The van der Waals surface area contributed by atoms with Crippen molar-refractivity contribution in [3.63, 3.8) is 0 Å². The molecule has 1 aliphatic carbocycles. The van der Waals surface area contributed by atoms with E-state index in [1.54, 1.807) is 6.20 Å². The van der Waals surface area contributed by atoms with E-state index in [0.29, 0.717) is 0 Å². The zero-order chi connectivity index (χ0) is 11.5. The molecule has 0 saturated heterocycles. The molecule has 1 saturated carbocycles. The van der Waals surface area contributed by atoms with Crippen molar-refractivity contribution < 1.29 is 0 Å². The number of nitrogens with zero attached hydrogens (tertiary/aromatic N) is 3. The molecule has 0 spiro atoms. The van der Waals surface area contributed by atoms with Crippen molar-refractivity contribution >= 4 is 22.3 Å². The maximum Gasteiger partial charge on any atom is 0.176 e. The van der Waals surface area contributed by atoms with E-state index in [2.05, 4.69) is 20.7 Å². The van der Waals surface area contributed by atoms with Crippen LogP contribution in [0, 0.1) is 0 Å². The normalized spacial score (nSPS) is 15.2. The molecule has 0 radical (unpaired) electrons. The Morgan fingerprint density at radius 1 is 1.12 bits per heavy atom. The summed E-state index contributed by atoms with van der Waals surface area (Å²) in [4.78, 5) is 0. The fourth-order valence-electron chi connectivity index (χ4n) is 2.14. The van der Waals surface area contributed by atoms with Crippen LogP contribution in [0.15, 0.2) is 35.6 Å². The zero-order valence-corrected chi connectivity index (χ0v) is 9.56. The zero-order valence-electron chi connectivity index (χ0n) is 9.56. The topological polar surface area (TPSA) is 50.2 Å². The van der Waals surface area contributed by atoms with Crippen LogP contribution in [0.2, 0.25) is 0 Å². The van der Waals surface area contributed by atoms with E-state index >= 15 is 0 Å². The van der Waals surface area contributed by atoms with Crippen molar-refractivity contribution in [2.24, 2.45) is 5.10 Å². The number of benzene rings is 1. The first-order chi connectivity index (χ1) is 8.43. The molecule has 1 N–H and O–H groups in total. The molecule has 3 rings (SSSR count). The second-order valence-electron chi connectivity index (χ2n) is 4.28. The minimum Gasteiger partial charge on any atom is -0.259 e. The number of nitrogens with one attached hydrogen (secondary N) is 1. The maximum atomic E-state index is 4.41. The van der Waals surface area contributed by atoms with Gasteiger partial charge in [0.05, 0.1) is 6.20 Å². The highest BCUT2D eigenvalue weighted by molar-refractivity contribution is 5.92. The Morgan fingerprint density at radius 2 is 1.94 bits per heavy atom. The van der Waals surface area contributed by atoms with Crippen molar-refractivity contribution in [1.82, 2.24) is 10.2 Å². The van der Waals surface area contributed by atoms with Crippen LogP contribution in [0.25, 0.3) is 10.8 Å². The maximum absolute atomic E-state index is 4.41. The van der Waals surface area contributed by atoms with E-state index in [9.17, 15) is 0 Å². The van der Waals surface area contributed by atoms with Crippen LogP contribution in [-0.2, 0) is 0 Å². The summed E-state index contributed by atoms with van der Waals surface area (Å²) >= 11 is 0. The van der Waals surface area contributed by atoms with Gasteiger partial charge in [-0.05, 0) is 25.7 Å². The second kappa shape index (κ2) is 4.49. The largest absolute Gasteiger partial charge is 0.259 e. The van der Waals surface area contributed by atoms with Gasteiger partial charge in [0, 0.05) is 16.5 Å². The molecule has 1 heterocycles. The average Bonchev–Trinajstić information content (AvgIpc) is 2.89. The molecule has 4 heteroatoms. The van der Waals surface area contributed by atoms with E-state index in [0.717, 1.165) is 29.4 Å². The lowest BCUT2D eigenvalue weighted by molar-refractivity contribution is 0.886. The summed E-state index contributed by atoms with van der Waals surface area (Å²) in [6.45, 7) is 0. The van der Waals surface area contributed by atoms with Gasteiger partial charge in [-0.3, -0.25) is 5.43 Å². The van der Waals surface area contributed by atoms with E-state index in [4.69, 9.17) is 0 Å². The van der Waals surface area contributed by atoms with E-state index in [-0.39, 0.29) is 0 Å². The van der Waals surface area contributed by atoms with Gasteiger partial charge < -0.3 is 0 Å². The number of fused-ring (bicyclic) bond motifs is 1. The molecule has 4 nitrogen and oxygen atoms in total. The number of rotatable bonds is 2. The number of hydrazone groups is 1. The second-order valence-corrected chi connectivity index (χ2v) is 4.28. The van der Waals surface area contributed by atoms with Crippen LogP contribution in [0.5, 0.6) is 0 Å². The first-order valence-electron chi connectivity index (χ1n) is 5.95. The van der Waals surface area contributed by atoms with Crippen molar-refractivity contribution in [2.75, 3.05) is 5.43 Å². The molecular formula is C13H14N4. The van der Waals surface area contributed by atoms with Crippen LogP contribution in [0.1, 0.15) is 25.7 Å². The quantitative estimate of drug-likeness (QED) is 0.801. The summed E-state index contributed by atoms with van der Waals surface area (Å²) < 4.78 is 0. The number of hydrogen-bond acceptors (Lipinski definition) is 4. The van der Waals surface area contributed by atoms with Gasteiger partial charge in [-0.25, -0.2) is 0 Å². The number of hydrogen-bond donors (Lipinski definition) is 1. The van der Waals surface area contributed by atoms with Gasteiger partial charge >= 0.3 is 0 Å². The minimum atomic E-state index is 0.738. The Labute approximate surface area is 99.8 Å². The van der Waals surface area contributed by atoms with E-state index < -0.39 is 0 Å². The molecule has 2 aromatic rings. The Balaban J connectivity index is 1.92. The highest BCUT2D eigenvalue weighted by Gasteiger charge is 2.08. The Kier molecular flexibility index (Phi) is 2.69. The molecule has 0 atom stereocenters. The molecule has 86 valence electrons. The van der Waals surface area contributed by atoms with Crippen LogP contribution in [0.4, 0.5) is 5.82 Å². The summed E-state index contributed by atoms with van der Waals surface area (Å²) in [7, 11) is 0. The number of aromatic nitrogens is 2. The van der Waals surface area contributed by atoms with E-state index in [1.165, 1.54) is 18.6 Å². The highest BCUT2D eigenvalue weighted by Crippen LogP contribution is 2.20. The summed E-state index contributed by atoms with van der Waals surface area (Å²) in [5, 5.41) is 14.6. The van der Waals surface area contributed by atoms with Crippen LogP contribution >= 0.6 is 0 Å². The van der Waals surface area contributed by atoms with Gasteiger partial charge in [0.15, 0.2) is 5.82 Å². The first-order valence-corrected chi connectivity index (χ1v) is 5.95. The lowest BCUT2D eigenvalue weighted by Crippen LogP contribution is -1.99. The van der Waals surface area contributed by atoms with E-state index in [1.807, 2.05) is 24.3 Å². The SMILES string of the molecule is c1ccc2c(NN=C3CCCC3)nncc2c1. The van der Waals surface area contributed by atoms with Gasteiger partial charge in [-0.1, -0.05) is 24.3 Å². The third kappa shape index (κ3) is 2.11. The predicted octanol–water partition coefficient (Wildman–Crippen LogP) is 2.97. The highest BCUT2D eigenvalue weighted by atomic mass is 15.3. The minimum absolute atomic E-state index is 0.738. The molecule has 1 fully saturated rings. The molecule has 0 amide bonds. The van der Waals surface area contributed by atoms with Crippen molar-refractivity contribution in [3.8, 4) is 0 Å². The molecule has 0 bridgehead atoms. The smallest absolute Gasteiger partial charge is 0.176 e. The fourth-order valence-corrected chi connectivity index (χ4v) is 2.14. The Morgan fingerprint density at radius 3 is 2.82 bits per heavy atom. The Hall–Kier alpha value is -1.97. The van der Waals surface area contributed by atoms with Crippen molar-refractivity contribution in [1.29, 1.82) is 0 Å². The summed E-state index contributed by atoms with van der Waals surface area (Å²) in [5.74, 6) is 0.738. The lowest BCUT2D eigenvalue weighted by Gasteiger charge is -2.04. The summed E-state index contributed by atoms with van der Waals surface area (Å²) in [6.07, 6.45) is 6.48. The van der Waals surface area contributed by atoms with Crippen molar-refractivity contribution in [2.45, 2.75) is 25.7 Å². The number of anilines is 1. The standard InChI is InChI=1S/C13H14N4/c1-4-8-12-10(5-1)9-14-16-13(12)17-15-11-6-2-3-7-11/h1,4-5,8-9H,2-3,6-7H2,(H,16,17). The molecule has 1 aromatic heterocycles. The molecule has 0 aliphatic heterocycles. The molecule has 1 aliphatic rings. The van der Waals surface area contributed by atoms with Crippen LogP contribution < -0.4 is 5.43 Å². The van der Waals surface area contributed by atoms with Crippen LogP contribution in [-0.4, -0.2) is 15.9 Å². The molecule has 1 aromatic carbocycles. The third-order valence-corrected chi connectivity index (χ3v) is 3.07. The predicted molar refractivity (Wildman–Crippen MR) is 69.1 cm³/mol. The van der Waals surface area contributed by atoms with Gasteiger partial charge in [-0.2, -0.15) is 10.2 Å². The average molecular weight is 226 g/mol. The molecule has 17 heavy (non-hydrogen) atoms. The third-order valence-electron chi connectivity index (χ3n) is 3.07. The Bertz CT molecular complexity index is 549. The van der Waals surface area contributed by atoms with Gasteiger partial charge in [0.25, 0.3) is 0 Å². The summed E-state index contributed by atoms with van der Waals surface area (Å²) in [5.41, 5.74) is 4.28. The fraction of sp³-hybridized carbons (Fsp3) is 0.308. The van der Waals surface area contributed by atoms with Crippen molar-refractivity contribution in [3.05, 3.63) is 30.5 Å². The monoisotopic (exact) mass is 226 g/mol. The lowest BCUT2D eigenvalue weighted by atomic mass is 10.2. The molecule has 0 unspecified atom stereocenters. The molecular weight excluding hydrogens is 212 g/mol. The van der Waals surface area contributed by atoms with Gasteiger partial charge in [0.2, 0.25) is 0 Å². The summed E-state index contributed by atoms with van der Waals surface area (Å²) in [6, 6.07) is 8.05. The van der Waals surface area contributed by atoms with Crippen LogP contribution in [0.3, 0.4) is 0 Å².